The van der Waals surface area contributed by atoms with Crippen molar-refractivity contribution in [3.63, 3.8) is 0 Å². The molecule has 0 spiro atoms. The van der Waals surface area contributed by atoms with Crippen LogP contribution in [0.25, 0.3) is 0 Å². The molecule has 1 aliphatic carbocycles. The third kappa shape index (κ3) is 4.10. The highest BCUT2D eigenvalue weighted by Gasteiger charge is 2.45. The molecule has 0 fully saturated rings. The van der Waals surface area contributed by atoms with Gasteiger partial charge in [-0.25, -0.2) is 4.39 Å². The average Bonchev–Trinajstić information content (AvgIpc) is 2.90. The second-order valence-electron chi connectivity index (χ2n) is 6.41. The van der Waals surface area contributed by atoms with Gasteiger partial charge in [0.15, 0.2) is 0 Å². The van der Waals surface area contributed by atoms with Crippen LogP contribution >= 0.6 is 19.0 Å². The highest BCUT2D eigenvalue weighted by atomic mass is 35.5. The summed E-state index contributed by atoms with van der Waals surface area (Å²) in [5.74, 6) is -2.25. The minimum absolute atomic E-state index is 0.192. The van der Waals surface area contributed by atoms with Gasteiger partial charge in [0.2, 0.25) is 0 Å². The van der Waals surface area contributed by atoms with E-state index in [1.807, 2.05) is 0 Å². The topological polar surface area (TPSA) is 81.4 Å². The molecule has 3 rings (SSSR count). The number of nitrogens with one attached hydrogen (secondary N) is 1. The molecule has 0 saturated heterocycles. The number of hydrogen-bond acceptors (Lipinski definition) is 4. The zero-order chi connectivity index (χ0) is 22.3. The van der Waals surface area contributed by atoms with Crippen molar-refractivity contribution in [3.05, 3.63) is 75.5 Å². The minimum atomic E-state index is -4.89. The molecule has 1 heterocycles. The molecule has 1 aromatic rings. The summed E-state index contributed by atoms with van der Waals surface area (Å²) in [4.78, 5) is 12.1. The minimum Gasteiger partial charge on any atom is -0.370 e. The molecule has 1 aromatic carbocycles. The predicted molar refractivity (Wildman–Crippen MR) is 105 cm³/mol. The smallest absolute Gasteiger partial charge is 0.370 e. The highest BCUT2D eigenvalue weighted by molar-refractivity contribution is 7.71. The first kappa shape index (κ1) is 22.3. The summed E-state index contributed by atoms with van der Waals surface area (Å²) in [6.07, 6.45) is 1.23. The van der Waals surface area contributed by atoms with Crippen molar-refractivity contribution < 1.29 is 31.4 Å². The Kier molecular flexibility index (Phi) is 6.00. The number of fused-ring (bicyclic) bond motifs is 1. The molecular formula is C19H16ClF4N2O3P. The molecule has 3 N–H and O–H groups in total. The van der Waals surface area contributed by atoms with Gasteiger partial charge in [0.1, 0.15) is 11.5 Å². The quantitative estimate of drug-likeness (QED) is 0.510. The molecule has 2 atom stereocenters. The fraction of sp³-hybridized carbons (Fsp3) is 0.211. The normalized spacial score (nSPS) is 20.7. The average molecular weight is 463 g/mol. The first-order valence-electron chi connectivity index (χ1n) is 8.67. The molecule has 1 aliphatic heterocycles. The van der Waals surface area contributed by atoms with Crippen molar-refractivity contribution in [2.24, 2.45) is 5.73 Å². The zero-order valence-corrected chi connectivity index (χ0v) is 17.1. The number of amides is 1. The molecule has 0 saturated carbocycles. The third-order valence-electron chi connectivity index (χ3n) is 4.40. The third-order valence-corrected chi connectivity index (χ3v) is 7.26. The molecule has 5 nitrogen and oxygen atoms in total. The lowest BCUT2D eigenvalue weighted by Crippen LogP contribution is -2.28. The van der Waals surface area contributed by atoms with Gasteiger partial charge in [-0.1, -0.05) is 23.8 Å². The van der Waals surface area contributed by atoms with E-state index in [9.17, 15) is 26.9 Å². The van der Waals surface area contributed by atoms with Crippen molar-refractivity contribution in [1.29, 1.82) is 0 Å². The van der Waals surface area contributed by atoms with Gasteiger partial charge >= 0.3 is 6.18 Å². The maximum Gasteiger partial charge on any atom is 0.416 e. The van der Waals surface area contributed by atoms with Crippen molar-refractivity contribution >= 4 is 30.2 Å². The van der Waals surface area contributed by atoms with Gasteiger partial charge in [-0.2, -0.15) is 13.2 Å². The van der Waals surface area contributed by atoms with E-state index in [0.717, 1.165) is 0 Å². The number of primary amides is 1. The lowest BCUT2D eigenvalue weighted by atomic mass is 10.1. The number of halogens is 5. The number of hydrogen-bond donors (Lipinski definition) is 2. The van der Waals surface area contributed by atoms with E-state index in [2.05, 4.69) is 5.32 Å². The molecular weight excluding hydrogens is 447 g/mol. The summed E-state index contributed by atoms with van der Waals surface area (Å²) in [5.41, 5.74) is 4.02. The lowest BCUT2D eigenvalue weighted by Gasteiger charge is -2.22. The van der Waals surface area contributed by atoms with Gasteiger partial charge in [0, 0.05) is 10.3 Å². The Morgan fingerprint density at radius 1 is 1.33 bits per heavy atom. The van der Waals surface area contributed by atoms with Crippen LogP contribution < -0.4 is 16.4 Å². The van der Waals surface area contributed by atoms with E-state index in [4.69, 9.17) is 21.9 Å². The standard InChI is InChI=1S/C19H16ClF4N2O3P/c1-2-29-30(28,13-7-10(19(22,23)24)6-12(21)9-13)17-14-8-11(20)4-3-5-15(14)26-16(17)18(25)27/h3-9,15,26H,2H2,1H3,(H2,25,27). The van der Waals surface area contributed by atoms with Crippen LogP contribution in [0.5, 0.6) is 0 Å². The summed E-state index contributed by atoms with van der Waals surface area (Å²) in [7, 11) is -4.40. The summed E-state index contributed by atoms with van der Waals surface area (Å²) in [6, 6.07) is 0.837. The van der Waals surface area contributed by atoms with Gasteiger partial charge in [0.25, 0.3) is 13.3 Å². The van der Waals surface area contributed by atoms with Crippen molar-refractivity contribution in [1.82, 2.24) is 5.32 Å². The molecule has 2 aliphatic rings. The number of alkyl halides is 3. The Labute approximate surface area is 174 Å². The van der Waals surface area contributed by atoms with Crippen LogP contribution in [0.2, 0.25) is 0 Å². The van der Waals surface area contributed by atoms with Gasteiger partial charge < -0.3 is 15.6 Å². The Hall–Kier alpha value is -2.35. The SMILES string of the molecule is CCOP(=O)(C1=C(C(N)=O)NC2C=CC=C(Cl)C=C12)c1cc(F)cc(C(F)(F)F)c1. The maximum absolute atomic E-state index is 14.1. The van der Waals surface area contributed by atoms with Crippen molar-refractivity contribution in [3.8, 4) is 0 Å². The second kappa shape index (κ2) is 8.06. The summed E-state index contributed by atoms with van der Waals surface area (Å²) >= 11 is 6.09. The van der Waals surface area contributed by atoms with Gasteiger partial charge in [0.05, 0.1) is 23.5 Å². The van der Waals surface area contributed by atoms with E-state index < -0.39 is 42.2 Å². The van der Waals surface area contributed by atoms with E-state index in [0.29, 0.717) is 12.1 Å². The van der Waals surface area contributed by atoms with Crippen LogP contribution in [0, 0.1) is 5.82 Å². The number of nitrogens with two attached hydrogens (primary N) is 1. The number of benzene rings is 1. The van der Waals surface area contributed by atoms with Crippen LogP contribution in [0.15, 0.2) is 64.1 Å². The summed E-state index contributed by atoms with van der Waals surface area (Å²) in [5, 5.41) is 2.21. The van der Waals surface area contributed by atoms with Crippen LogP contribution in [-0.4, -0.2) is 18.6 Å². The molecule has 0 bridgehead atoms. The maximum atomic E-state index is 14.1. The lowest BCUT2D eigenvalue weighted by molar-refractivity contribution is -0.137. The Morgan fingerprint density at radius 2 is 2.03 bits per heavy atom. The van der Waals surface area contributed by atoms with Crippen LogP contribution in [0.1, 0.15) is 12.5 Å². The fourth-order valence-electron chi connectivity index (χ4n) is 3.22. The summed E-state index contributed by atoms with van der Waals surface area (Å²) < 4.78 is 73.2. The largest absolute Gasteiger partial charge is 0.416 e. The van der Waals surface area contributed by atoms with E-state index >= 15 is 0 Å². The fourth-order valence-corrected chi connectivity index (χ4v) is 5.93. The molecule has 2 unspecified atom stereocenters. The van der Waals surface area contributed by atoms with Crippen LogP contribution in [0.3, 0.4) is 0 Å². The number of carbonyl (C=O) groups is 1. The Bertz CT molecular complexity index is 1080. The van der Waals surface area contributed by atoms with Crippen molar-refractivity contribution in [2.45, 2.75) is 19.1 Å². The van der Waals surface area contributed by atoms with Gasteiger partial charge in [-0.3, -0.25) is 9.36 Å². The van der Waals surface area contributed by atoms with Crippen LogP contribution in [0.4, 0.5) is 17.6 Å². The Balaban J connectivity index is 2.32. The molecule has 30 heavy (non-hydrogen) atoms. The highest BCUT2D eigenvalue weighted by Crippen LogP contribution is 2.60. The first-order valence-corrected chi connectivity index (χ1v) is 10.7. The van der Waals surface area contributed by atoms with Crippen molar-refractivity contribution in [2.75, 3.05) is 6.61 Å². The number of allylic oxidation sites excluding steroid dienone is 4. The second-order valence-corrected chi connectivity index (χ2v) is 9.17. The molecule has 1 amide bonds. The monoisotopic (exact) mass is 462 g/mol. The molecule has 0 radical (unpaired) electrons. The first-order chi connectivity index (χ1) is 14.0. The van der Waals surface area contributed by atoms with Crippen LogP contribution in [-0.2, 0) is 20.1 Å². The molecule has 11 heteroatoms. The number of carbonyl (C=O) groups excluding carboxylic acids is 1. The zero-order valence-electron chi connectivity index (χ0n) is 15.5. The van der Waals surface area contributed by atoms with Gasteiger partial charge in [-0.05, 0) is 42.8 Å². The summed E-state index contributed by atoms with van der Waals surface area (Å²) in [6.45, 7) is 1.28. The van der Waals surface area contributed by atoms with Gasteiger partial charge in [-0.15, -0.1) is 0 Å². The number of rotatable bonds is 5. The molecule has 0 aromatic heterocycles. The molecule has 160 valence electrons. The predicted octanol–water partition coefficient (Wildman–Crippen LogP) is 4.07. The van der Waals surface area contributed by atoms with E-state index in [1.54, 1.807) is 12.2 Å². The van der Waals surface area contributed by atoms with E-state index in [1.165, 1.54) is 19.1 Å². The van der Waals surface area contributed by atoms with E-state index in [-0.39, 0.29) is 34.3 Å². The Morgan fingerprint density at radius 3 is 2.63 bits per heavy atom.